The number of halogens is 2. The van der Waals surface area contributed by atoms with Crippen LogP contribution in [0.4, 0.5) is 5.82 Å². The van der Waals surface area contributed by atoms with Crippen molar-refractivity contribution < 1.29 is 19.4 Å². The van der Waals surface area contributed by atoms with Gasteiger partial charge in [0.05, 0.1) is 33.9 Å². The second-order valence-corrected chi connectivity index (χ2v) is 14.4. The maximum Gasteiger partial charge on any atom is 0.335 e. The number of aryl methyl sites for hydroxylation is 6. The van der Waals surface area contributed by atoms with E-state index in [9.17, 15) is 9.90 Å². The van der Waals surface area contributed by atoms with Crippen LogP contribution in [0.3, 0.4) is 0 Å². The molecular weight excluding hydrogens is 685 g/mol. The standard InChI is InChI=1S/C40H41Cl2N5O4/c1-8-45-32-18-27(40(49)50)12-11-26(32)19-33(45)46-20-23(4)47-37-30(13-14-31(41)35(37)34-24(5)43-44(7)25(34)6)29(38(47)39(46)48)10-9-15-51-28-16-21(2)36(42)22(3)17-28/h11-14,16-19,23H,8-10,15,20H2,1-7H3,(H,49,50)/t23-/m1/s1. The number of carboxylic acid groups (broad SMARTS) is 1. The maximum atomic E-state index is 15.0. The summed E-state index contributed by atoms with van der Waals surface area (Å²) in [6, 6.07) is 14.8. The van der Waals surface area contributed by atoms with Gasteiger partial charge in [-0.3, -0.25) is 14.4 Å². The second kappa shape index (κ2) is 13.1. The quantitative estimate of drug-likeness (QED) is 0.150. The fourth-order valence-corrected chi connectivity index (χ4v) is 8.21. The number of carbonyl (C=O) groups excluding carboxylic acids is 1. The molecule has 11 heteroatoms. The molecule has 3 aromatic carbocycles. The fourth-order valence-electron chi connectivity index (χ4n) is 7.86. The number of hydrogen-bond donors (Lipinski definition) is 1. The molecule has 6 aromatic rings. The number of carboxylic acids is 1. The third-order valence-electron chi connectivity index (χ3n) is 10.3. The van der Waals surface area contributed by atoms with Crippen LogP contribution in [-0.4, -0.2) is 49.0 Å². The van der Waals surface area contributed by atoms with Crippen LogP contribution in [0.1, 0.15) is 75.2 Å². The summed E-state index contributed by atoms with van der Waals surface area (Å²) in [4.78, 5) is 28.7. The predicted molar refractivity (Wildman–Crippen MR) is 204 cm³/mol. The maximum absolute atomic E-state index is 15.0. The average Bonchev–Trinajstić information content (AvgIpc) is 3.71. The number of hydrogen-bond acceptors (Lipinski definition) is 4. The van der Waals surface area contributed by atoms with Crippen molar-refractivity contribution in [1.29, 1.82) is 0 Å². The summed E-state index contributed by atoms with van der Waals surface area (Å²) in [5, 5.41) is 17.6. The summed E-state index contributed by atoms with van der Waals surface area (Å²) in [6.07, 6.45) is 1.27. The Kier molecular flexibility index (Phi) is 8.92. The normalized spacial score (nSPS) is 14.6. The largest absolute Gasteiger partial charge is 0.494 e. The average molecular weight is 727 g/mol. The van der Waals surface area contributed by atoms with E-state index < -0.39 is 5.97 Å². The lowest BCUT2D eigenvalue weighted by Gasteiger charge is -2.34. The zero-order valence-corrected chi connectivity index (χ0v) is 31.4. The number of fused-ring (bicyclic) bond motifs is 4. The Bertz CT molecular complexity index is 2380. The minimum absolute atomic E-state index is 0.109. The van der Waals surface area contributed by atoms with Gasteiger partial charge in [0.15, 0.2) is 0 Å². The highest BCUT2D eigenvalue weighted by Gasteiger charge is 2.38. The van der Waals surface area contributed by atoms with E-state index in [1.807, 2.05) is 92.2 Å². The topological polar surface area (TPSA) is 94.5 Å². The van der Waals surface area contributed by atoms with Crippen LogP contribution in [0.25, 0.3) is 32.9 Å². The monoisotopic (exact) mass is 725 g/mol. The smallest absolute Gasteiger partial charge is 0.335 e. The van der Waals surface area contributed by atoms with Gasteiger partial charge in [-0.05, 0) is 107 Å². The SMILES string of the molecule is CCn1c(N2C[C@@H](C)n3c(c(CCCOc4cc(C)c(Cl)c(C)c4)c4ccc(Cl)c(-c5c(C)nn(C)c5C)c43)C2=O)cc2ccc(C(=O)O)cc21. The highest BCUT2D eigenvalue weighted by Crippen LogP contribution is 2.45. The van der Waals surface area contributed by atoms with Crippen molar-refractivity contribution in [1.82, 2.24) is 18.9 Å². The Morgan fingerprint density at radius 3 is 2.39 bits per heavy atom. The molecule has 4 heterocycles. The number of amides is 1. The van der Waals surface area contributed by atoms with E-state index in [0.717, 1.165) is 77.6 Å². The van der Waals surface area contributed by atoms with Crippen molar-refractivity contribution in [3.8, 4) is 16.9 Å². The molecule has 1 aliphatic heterocycles. The van der Waals surface area contributed by atoms with Gasteiger partial charge in [0, 0.05) is 58.8 Å². The molecule has 0 spiro atoms. The van der Waals surface area contributed by atoms with Crippen LogP contribution in [0.5, 0.6) is 5.75 Å². The molecule has 0 unspecified atom stereocenters. The minimum Gasteiger partial charge on any atom is -0.494 e. The molecule has 1 N–H and O–H groups in total. The molecule has 1 aliphatic rings. The Labute approximate surface area is 306 Å². The highest BCUT2D eigenvalue weighted by atomic mass is 35.5. The van der Waals surface area contributed by atoms with E-state index in [1.165, 1.54) is 0 Å². The van der Waals surface area contributed by atoms with Crippen molar-refractivity contribution in [2.75, 3.05) is 18.1 Å². The minimum atomic E-state index is -0.988. The number of nitrogens with zero attached hydrogens (tertiary/aromatic N) is 5. The summed E-state index contributed by atoms with van der Waals surface area (Å²) >= 11 is 13.5. The highest BCUT2D eigenvalue weighted by molar-refractivity contribution is 6.35. The third kappa shape index (κ3) is 5.67. The molecular formula is C40H41Cl2N5O4. The van der Waals surface area contributed by atoms with E-state index in [-0.39, 0.29) is 17.5 Å². The van der Waals surface area contributed by atoms with Gasteiger partial charge in [-0.25, -0.2) is 4.79 Å². The zero-order valence-electron chi connectivity index (χ0n) is 29.9. The van der Waals surface area contributed by atoms with Gasteiger partial charge in [0.2, 0.25) is 0 Å². The van der Waals surface area contributed by atoms with Crippen LogP contribution in [0.2, 0.25) is 10.0 Å². The lowest BCUT2D eigenvalue weighted by molar-refractivity contribution is 0.0696. The Balaban J connectivity index is 1.37. The van der Waals surface area contributed by atoms with Crippen LogP contribution in [-0.2, 0) is 20.0 Å². The van der Waals surface area contributed by atoms with E-state index >= 15 is 4.79 Å². The molecule has 0 saturated carbocycles. The van der Waals surface area contributed by atoms with E-state index in [0.29, 0.717) is 43.3 Å². The summed E-state index contributed by atoms with van der Waals surface area (Å²) < 4.78 is 12.3. The van der Waals surface area contributed by atoms with Gasteiger partial charge in [0.1, 0.15) is 17.3 Å². The van der Waals surface area contributed by atoms with Crippen LogP contribution in [0, 0.1) is 27.7 Å². The first-order valence-corrected chi connectivity index (χ1v) is 18.0. The molecule has 3 aromatic heterocycles. The Morgan fingerprint density at radius 2 is 1.75 bits per heavy atom. The summed E-state index contributed by atoms with van der Waals surface area (Å²) in [5.41, 5.74) is 9.13. The van der Waals surface area contributed by atoms with Crippen molar-refractivity contribution >= 4 is 62.7 Å². The Hall–Kier alpha value is -4.73. The first-order chi connectivity index (χ1) is 24.3. The van der Waals surface area contributed by atoms with Crippen LogP contribution >= 0.6 is 23.2 Å². The van der Waals surface area contributed by atoms with Gasteiger partial charge >= 0.3 is 5.97 Å². The van der Waals surface area contributed by atoms with E-state index in [4.69, 9.17) is 33.0 Å². The van der Waals surface area contributed by atoms with Gasteiger partial charge in [0.25, 0.3) is 5.91 Å². The number of benzene rings is 3. The number of aromatic carboxylic acids is 1. The molecule has 51 heavy (non-hydrogen) atoms. The molecule has 0 bridgehead atoms. The van der Waals surface area contributed by atoms with Crippen LogP contribution in [0.15, 0.2) is 48.5 Å². The number of carbonyl (C=O) groups is 2. The molecule has 1 amide bonds. The molecule has 0 saturated heterocycles. The first-order valence-electron chi connectivity index (χ1n) is 17.3. The first kappa shape index (κ1) is 34.7. The molecule has 7 rings (SSSR count). The fraction of sp³-hybridized carbons (Fsp3) is 0.325. The van der Waals surface area contributed by atoms with E-state index in [1.54, 1.807) is 12.1 Å². The van der Waals surface area contributed by atoms with Crippen molar-refractivity contribution in [3.05, 3.63) is 97.9 Å². The second-order valence-electron chi connectivity index (χ2n) is 13.6. The molecule has 0 radical (unpaired) electrons. The van der Waals surface area contributed by atoms with E-state index in [2.05, 4.69) is 11.5 Å². The van der Waals surface area contributed by atoms with Gasteiger partial charge in [-0.1, -0.05) is 35.3 Å². The lowest BCUT2D eigenvalue weighted by atomic mass is 9.98. The Morgan fingerprint density at radius 1 is 1.02 bits per heavy atom. The van der Waals surface area contributed by atoms with Gasteiger partial charge in [-0.2, -0.15) is 5.10 Å². The number of rotatable bonds is 9. The third-order valence-corrected chi connectivity index (χ3v) is 11.2. The van der Waals surface area contributed by atoms with Crippen molar-refractivity contribution in [2.45, 2.75) is 67.0 Å². The predicted octanol–water partition coefficient (Wildman–Crippen LogP) is 9.49. The number of aromatic nitrogens is 4. The summed E-state index contributed by atoms with van der Waals surface area (Å²) in [7, 11) is 1.93. The van der Waals surface area contributed by atoms with Gasteiger partial charge < -0.3 is 19.0 Å². The lowest BCUT2D eigenvalue weighted by Crippen LogP contribution is -2.43. The van der Waals surface area contributed by atoms with Gasteiger partial charge in [-0.15, -0.1) is 0 Å². The number of ether oxygens (including phenoxy) is 1. The summed E-state index contributed by atoms with van der Waals surface area (Å²) in [5.74, 6) is 0.410. The molecule has 9 nitrogen and oxygen atoms in total. The summed E-state index contributed by atoms with van der Waals surface area (Å²) in [6.45, 7) is 13.6. The molecule has 264 valence electrons. The molecule has 1 atom stereocenters. The van der Waals surface area contributed by atoms with Crippen molar-refractivity contribution in [2.24, 2.45) is 7.05 Å². The molecule has 0 fully saturated rings. The molecule has 0 aliphatic carbocycles. The zero-order chi connectivity index (χ0) is 36.5. The van der Waals surface area contributed by atoms with Crippen molar-refractivity contribution in [3.63, 3.8) is 0 Å². The van der Waals surface area contributed by atoms with Crippen LogP contribution < -0.4 is 9.64 Å². The number of anilines is 1.